The summed E-state index contributed by atoms with van der Waals surface area (Å²) in [5, 5.41) is 16.2. The molecular weight excluding hydrogens is 1050 g/mol. The van der Waals surface area contributed by atoms with Gasteiger partial charge in [-0.2, -0.15) is 10.2 Å². The number of fused-ring (bicyclic) bond motifs is 3. The number of nitrogens with zero attached hydrogens (tertiary/aromatic N) is 7. The third-order valence-electron chi connectivity index (χ3n) is 14.8. The van der Waals surface area contributed by atoms with Crippen molar-refractivity contribution in [1.29, 1.82) is 0 Å². The van der Waals surface area contributed by atoms with Crippen LogP contribution >= 0.6 is 0 Å². The first-order valence-corrected chi connectivity index (χ1v) is 29.2. The molecule has 0 aliphatic rings. The van der Waals surface area contributed by atoms with Crippen molar-refractivity contribution in [2.45, 2.75) is 53.1 Å². The van der Waals surface area contributed by atoms with Crippen molar-refractivity contribution in [2.24, 2.45) is 10.2 Å². The summed E-state index contributed by atoms with van der Waals surface area (Å²) in [5.74, 6) is 0. The second-order valence-corrected chi connectivity index (χ2v) is 20.5. The Bertz CT molecular complexity index is 3540. The first-order valence-electron chi connectivity index (χ1n) is 29.2. The normalized spacial score (nSPS) is 12.3. The SMILES string of the molecule is CCn1c2ccc(COC(C)OCCN(N=Cc3ccc(N(c4ccccc4)c4ccccc4)cc3)c3ccccc3)cc2c2cc(COC(C)OCCN(N=Cc3ccc(N(c4ccccc4)c4ccccc4)cc3)c3ccccc3)ccc21. The molecule has 0 saturated carbocycles. The van der Waals surface area contributed by atoms with Gasteiger partial charge >= 0.3 is 0 Å². The molecule has 85 heavy (non-hydrogen) atoms. The molecule has 426 valence electrons. The maximum absolute atomic E-state index is 6.33. The summed E-state index contributed by atoms with van der Waals surface area (Å²) < 4.78 is 27.6. The Kier molecular flexibility index (Phi) is 19.2. The van der Waals surface area contributed by atoms with E-state index < -0.39 is 12.6 Å². The molecule has 11 aromatic rings. The molecule has 0 N–H and O–H groups in total. The van der Waals surface area contributed by atoms with Crippen molar-refractivity contribution in [3.63, 3.8) is 0 Å². The van der Waals surface area contributed by atoms with E-state index in [-0.39, 0.29) is 0 Å². The molecule has 1 aromatic heterocycles. The van der Waals surface area contributed by atoms with Gasteiger partial charge in [0.15, 0.2) is 12.6 Å². The second-order valence-electron chi connectivity index (χ2n) is 20.5. The Labute approximate surface area is 499 Å². The highest BCUT2D eigenvalue weighted by Crippen LogP contribution is 2.36. The quantitative estimate of drug-likeness (QED) is 0.0286. The van der Waals surface area contributed by atoms with E-state index in [0.29, 0.717) is 39.5 Å². The summed E-state index contributed by atoms with van der Waals surface area (Å²) in [5.41, 5.74) is 14.9. The lowest BCUT2D eigenvalue weighted by Gasteiger charge is -2.25. The van der Waals surface area contributed by atoms with E-state index in [0.717, 1.165) is 74.3 Å². The van der Waals surface area contributed by atoms with Crippen LogP contribution in [0.1, 0.15) is 43.0 Å². The van der Waals surface area contributed by atoms with Crippen molar-refractivity contribution in [3.05, 3.63) is 289 Å². The Hall–Kier alpha value is -9.62. The van der Waals surface area contributed by atoms with Crippen molar-refractivity contribution in [1.82, 2.24) is 4.57 Å². The fraction of sp³-hybridized carbons (Fsp3) is 0.162. The number of rotatable bonds is 27. The van der Waals surface area contributed by atoms with Crippen molar-refractivity contribution >= 4 is 79.7 Å². The summed E-state index contributed by atoms with van der Waals surface area (Å²) in [6, 6.07) is 92.1. The smallest absolute Gasteiger partial charge is 0.155 e. The van der Waals surface area contributed by atoms with E-state index in [2.05, 4.69) is 228 Å². The first kappa shape index (κ1) is 57.2. The van der Waals surface area contributed by atoms with E-state index in [1.54, 1.807) is 0 Å². The summed E-state index contributed by atoms with van der Waals surface area (Å²) >= 11 is 0. The van der Waals surface area contributed by atoms with Crippen LogP contribution in [0.25, 0.3) is 21.8 Å². The van der Waals surface area contributed by atoms with Crippen LogP contribution in [-0.2, 0) is 38.7 Å². The Morgan fingerprint density at radius 2 is 0.671 bits per heavy atom. The van der Waals surface area contributed by atoms with E-state index in [9.17, 15) is 0 Å². The van der Waals surface area contributed by atoms with Crippen LogP contribution in [-0.4, -0.2) is 55.9 Å². The van der Waals surface area contributed by atoms with Crippen LogP contribution in [0.5, 0.6) is 0 Å². The molecule has 11 nitrogen and oxygen atoms in total. The van der Waals surface area contributed by atoms with Crippen LogP contribution in [0.2, 0.25) is 0 Å². The number of hydrogen-bond acceptors (Lipinski definition) is 10. The van der Waals surface area contributed by atoms with E-state index in [1.807, 2.05) is 97.0 Å². The summed E-state index contributed by atoms with van der Waals surface area (Å²) in [6.07, 6.45) is 2.92. The predicted molar refractivity (Wildman–Crippen MR) is 351 cm³/mol. The molecule has 0 radical (unpaired) electrons. The minimum Gasteiger partial charge on any atom is -0.351 e. The molecule has 10 aromatic carbocycles. The van der Waals surface area contributed by atoms with E-state index in [1.165, 1.54) is 21.8 Å². The summed E-state index contributed by atoms with van der Waals surface area (Å²) in [7, 11) is 0. The third-order valence-corrected chi connectivity index (χ3v) is 14.8. The van der Waals surface area contributed by atoms with Crippen molar-refractivity contribution in [2.75, 3.05) is 46.1 Å². The minimum atomic E-state index is -0.442. The molecule has 11 rings (SSSR count). The number of hydrazone groups is 2. The maximum Gasteiger partial charge on any atom is 0.155 e. The molecule has 0 fully saturated rings. The van der Waals surface area contributed by atoms with Crippen LogP contribution in [0.3, 0.4) is 0 Å². The molecule has 0 aliphatic carbocycles. The zero-order chi connectivity index (χ0) is 58.0. The van der Waals surface area contributed by atoms with Gasteiger partial charge in [-0.25, -0.2) is 0 Å². The molecule has 0 saturated heterocycles. The zero-order valence-electron chi connectivity index (χ0n) is 48.4. The average Bonchev–Trinajstić information content (AvgIpc) is 2.88. The minimum absolute atomic E-state index is 0.402. The first-order chi connectivity index (χ1) is 41.9. The van der Waals surface area contributed by atoms with Gasteiger partial charge in [0, 0.05) is 62.5 Å². The molecule has 2 atom stereocenters. The van der Waals surface area contributed by atoms with Gasteiger partial charge in [0.2, 0.25) is 0 Å². The lowest BCUT2D eigenvalue weighted by atomic mass is 10.1. The summed E-state index contributed by atoms with van der Waals surface area (Å²) in [4.78, 5) is 4.50. The number of benzene rings is 10. The Morgan fingerprint density at radius 1 is 0.365 bits per heavy atom. The van der Waals surface area contributed by atoms with Crippen LogP contribution in [0.4, 0.5) is 45.5 Å². The number of aryl methyl sites for hydroxylation is 1. The molecule has 1 heterocycles. The van der Waals surface area contributed by atoms with Gasteiger partial charge in [0.1, 0.15) is 0 Å². The predicted octanol–water partition coefficient (Wildman–Crippen LogP) is 17.6. The number of anilines is 8. The molecule has 0 amide bonds. The highest BCUT2D eigenvalue weighted by Gasteiger charge is 2.17. The van der Waals surface area contributed by atoms with Crippen LogP contribution in [0.15, 0.2) is 277 Å². The highest BCUT2D eigenvalue weighted by atomic mass is 16.7. The lowest BCUT2D eigenvalue weighted by Crippen LogP contribution is -2.25. The molecule has 0 spiro atoms. The second kappa shape index (κ2) is 28.6. The van der Waals surface area contributed by atoms with E-state index in [4.69, 9.17) is 29.2 Å². The third kappa shape index (κ3) is 14.8. The van der Waals surface area contributed by atoms with Gasteiger partial charge in [-0.15, -0.1) is 0 Å². The zero-order valence-corrected chi connectivity index (χ0v) is 48.4. The summed E-state index contributed by atoms with van der Waals surface area (Å²) in [6.45, 7) is 9.63. The molecular formula is C74H71N7O4. The van der Waals surface area contributed by atoms with Gasteiger partial charge < -0.3 is 33.3 Å². The van der Waals surface area contributed by atoms with Gasteiger partial charge in [-0.1, -0.05) is 146 Å². The largest absolute Gasteiger partial charge is 0.351 e. The molecule has 0 bridgehead atoms. The standard InChI is InChI=1S/C74H71N7O4/c1-4-77-73-45-39-61(55-84-57(2)82-49-47-78(63-23-11-5-12-24-63)75-53-59-35-41-69(42-36-59)80(65-27-15-7-16-28-65)66-29-17-8-18-30-66)51-71(73)72-52-62(40-46-74(72)77)56-85-58(3)83-50-48-79(64-25-13-6-14-26-64)76-54-60-37-43-70(44-38-60)81(67-31-19-9-20-32-67)68-33-21-10-22-34-68/h5-46,51-54,57-58H,4,47-50,55-56H2,1-3H3. The number of ether oxygens (including phenoxy) is 4. The maximum atomic E-state index is 6.33. The monoisotopic (exact) mass is 1120 g/mol. The molecule has 2 unspecified atom stereocenters. The Balaban J connectivity index is 0.680. The van der Waals surface area contributed by atoms with Crippen molar-refractivity contribution < 1.29 is 18.9 Å². The fourth-order valence-electron chi connectivity index (χ4n) is 10.5. The van der Waals surface area contributed by atoms with Gasteiger partial charge in [0.25, 0.3) is 0 Å². The number of para-hydroxylation sites is 6. The fourth-order valence-corrected chi connectivity index (χ4v) is 10.5. The number of hydrogen-bond donors (Lipinski definition) is 0. The Morgan fingerprint density at radius 3 is 0.988 bits per heavy atom. The average molecular weight is 1120 g/mol. The highest BCUT2D eigenvalue weighted by molar-refractivity contribution is 6.08. The number of aromatic nitrogens is 1. The van der Waals surface area contributed by atoms with Crippen LogP contribution in [0, 0.1) is 0 Å². The molecule has 0 aliphatic heterocycles. The lowest BCUT2D eigenvalue weighted by molar-refractivity contribution is -0.136. The topological polar surface area (TPSA) is 79.5 Å². The van der Waals surface area contributed by atoms with E-state index >= 15 is 0 Å². The van der Waals surface area contributed by atoms with Crippen molar-refractivity contribution in [3.8, 4) is 0 Å². The van der Waals surface area contributed by atoms with Gasteiger partial charge in [-0.3, -0.25) is 10.0 Å². The molecule has 11 heteroatoms. The van der Waals surface area contributed by atoms with Gasteiger partial charge in [-0.05, 0) is 164 Å². The van der Waals surface area contributed by atoms with Gasteiger partial charge in [0.05, 0.1) is 63.3 Å². The van der Waals surface area contributed by atoms with Crippen LogP contribution < -0.4 is 19.8 Å².